The third kappa shape index (κ3) is 11.4. The van der Waals surface area contributed by atoms with Crippen LogP contribution >= 0.6 is 0 Å². The molecule has 0 bridgehead atoms. The van der Waals surface area contributed by atoms with Crippen molar-refractivity contribution >= 4 is 152 Å². The molecule has 7 nitrogen and oxygen atoms in total. The Morgan fingerprint density at radius 3 is 0.815 bits per heavy atom. The van der Waals surface area contributed by atoms with Gasteiger partial charge in [0.15, 0.2) is 11.4 Å². The molecule has 0 fully saturated rings. The molecule has 5 aromatic heterocycles. The molecule has 0 saturated carbocycles. The van der Waals surface area contributed by atoms with Crippen LogP contribution in [0.5, 0.6) is 0 Å². The summed E-state index contributed by atoms with van der Waals surface area (Å²) in [5, 5.41) is 25.8. The predicted octanol–water partition coefficient (Wildman–Crippen LogP) is 32.0. The standard InChI is InChI=1S/C59H34N4.C58H33N3/c1-60-50-33-43-22-21-42-29-47(34-54-58(42)59(43)55(35-50)63(54)51-9-3-2-4-10-51)37-15-13-36(14-16-37)44-25-38-17-19-40-27-45(28-41-20-18-39(26-44)56(38)57(40)41)46-30-48(52-11-5-7-23-61-52)32-49(31-46)53-12-6-8-24-62-53;1-59-49-32-45-25-24-44-31-48(33-52-56(44)57(45)53(34-49)61(52)50-9-3-2-4-10-50)37-14-12-35(13-15-37)46-27-40-20-22-42-29-47(30-43-23-21-41(28-46)54(40)55(42)43)36-16-18-38(19-17-36)51-11-5-7-39-8-6-26-60-58(39)51/h2-35H;2-34H. The molecule has 570 valence electrons. The van der Waals surface area contributed by atoms with Crippen LogP contribution in [0, 0.1) is 13.1 Å². The van der Waals surface area contributed by atoms with Crippen molar-refractivity contribution in [2.24, 2.45) is 0 Å². The summed E-state index contributed by atoms with van der Waals surface area (Å²) in [4.78, 5) is 21.7. The molecule has 0 amide bonds. The van der Waals surface area contributed by atoms with Crippen molar-refractivity contribution in [3.8, 4) is 112 Å². The predicted molar refractivity (Wildman–Crippen MR) is 519 cm³/mol. The smallest absolute Gasteiger partial charge is 0.189 e. The van der Waals surface area contributed by atoms with E-state index < -0.39 is 0 Å². The van der Waals surface area contributed by atoms with Crippen LogP contribution in [0.15, 0.2) is 407 Å². The highest BCUT2D eigenvalue weighted by Crippen LogP contribution is 2.49. The zero-order valence-corrected chi connectivity index (χ0v) is 66.8. The molecule has 124 heavy (non-hydrogen) atoms. The minimum absolute atomic E-state index is 0.650. The summed E-state index contributed by atoms with van der Waals surface area (Å²) in [7, 11) is 0. The Hall–Kier alpha value is -17.0. The Morgan fingerprint density at radius 2 is 0.468 bits per heavy atom. The average Bonchev–Trinajstić information content (AvgIpc) is 1.54. The minimum atomic E-state index is 0.650. The maximum atomic E-state index is 7.81. The second kappa shape index (κ2) is 27.8. The first-order chi connectivity index (χ1) is 61.3. The Morgan fingerprint density at radius 1 is 0.185 bits per heavy atom. The molecule has 0 unspecified atom stereocenters. The Balaban J connectivity index is 0.000000136. The van der Waals surface area contributed by atoms with Crippen molar-refractivity contribution in [3.05, 3.63) is 430 Å². The SMILES string of the molecule is [C-]#[N+]c1cc2ccc3cc(-c4ccc(-c5cc6ccc7cc(-c8cc(-c9ccccn9)cc(-c9ccccn9)c8)cc8ccc(c5)c6c78)cc4)cc4c3c2c(c1)n4-c1ccccc1.[C-]#[N+]c1cc2ccc3cc(-c4ccc(-c5cc6ccc7cc(-c8ccc(-c9cccc%10cccnc9%10)cc8)cc8ccc(c5)c6c78)cc4)cc4c3c2c(c1)n4-c1ccccc1. The van der Waals surface area contributed by atoms with Crippen molar-refractivity contribution in [1.82, 2.24) is 24.1 Å². The normalized spacial score (nSPS) is 11.9. The summed E-state index contributed by atoms with van der Waals surface area (Å²) in [5.41, 5.74) is 29.4. The number of pyridine rings is 3. The summed E-state index contributed by atoms with van der Waals surface area (Å²) in [6.45, 7) is 15.6. The number of benzene rings is 21. The fraction of sp³-hybridized carbons (Fsp3) is 0. The fourth-order valence-electron chi connectivity index (χ4n) is 20.1. The van der Waals surface area contributed by atoms with Gasteiger partial charge in [-0.3, -0.25) is 15.0 Å². The Bertz CT molecular complexity index is 8690. The number of para-hydroxylation sites is 3. The third-order valence-electron chi connectivity index (χ3n) is 25.7. The van der Waals surface area contributed by atoms with Crippen molar-refractivity contribution in [2.45, 2.75) is 0 Å². The molecule has 0 spiro atoms. The molecule has 0 aliphatic carbocycles. The molecule has 26 rings (SSSR count). The molecular weight excluding hydrogens is 1500 g/mol. The Labute approximate surface area is 712 Å². The van der Waals surface area contributed by atoms with Gasteiger partial charge in [0.25, 0.3) is 0 Å². The molecule has 0 aliphatic rings. The quantitative estimate of drug-likeness (QED) is 0.0958. The van der Waals surface area contributed by atoms with Crippen molar-refractivity contribution in [2.75, 3.05) is 0 Å². The third-order valence-corrected chi connectivity index (χ3v) is 25.7. The monoisotopic (exact) mass is 1570 g/mol. The highest BCUT2D eigenvalue weighted by atomic mass is 15.0. The first-order valence-electron chi connectivity index (χ1n) is 41.9. The topological polar surface area (TPSA) is 57.2 Å². The lowest BCUT2D eigenvalue weighted by Crippen LogP contribution is -1.93. The second-order valence-corrected chi connectivity index (χ2v) is 32.8. The van der Waals surface area contributed by atoms with Gasteiger partial charge in [-0.15, -0.1) is 0 Å². The van der Waals surface area contributed by atoms with Crippen LogP contribution < -0.4 is 0 Å². The zero-order valence-electron chi connectivity index (χ0n) is 66.8. The van der Waals surface area contributed by atoms with Gasteiger partial charge in [-0.2, -0.15) is 0 Å². The lowest BCUT2D eigenvalue weighted by atomic mass is 9.88. The van der Waals surface area contributed by atoms with Crippen LogP contribution in [0.2, 0.25) is 0 Å². The summed E-state index contributed by atoms with van der Waals surface area (Å²) in [6, 6.07) is 140. The largest absolute Gasteiger partial charge is 0.310 e. The molecular formula is C117H67N7. The molecule has 0 saturated heterocycles. The van der Waals surface area contributed by atoms with E-state index in [0.717, 1.165) is 105 Å². The maximum absolute atomic E-state index is 7.81. The van der Waals surface area contributed by atoms with E-state index in [1.807, 2.05) is 85.3 Å². The van der Waals surface area contributed by atoms with E-state index in [1.54, 1.807) is 0 Å². The summed E-state index contributed by atoms with van der Waals surface area (Å²) in [5.74, 6) is 0. The van der Waals surface area contributed by atoms with Gasteiger partial charge in [0, 0.05) is 84.6 Å². The summed E-state index contributed by atoms with van der Waals surface area (Å²) < 4.78 is 4.64. The number of nitrogens with zero attached hydrogens (tertiary/aromatic N) is 7. The molecule has 0 aliphatic heterocycles. The van der Waals surface area contributed by atoms with Crippen LogP contribution in [0.25, 0.3) is 262 Å². The average molecular weight is 1570 g/mol. The van der Waals surface area contributed by atoms with E-state index in [0.29, 0.717) is 11.4 Å². The van der Waals surface area contributed by atoms with Crippen LogP contribution in [0.1, 0.15) is 0 Å². The number of hydrogen-bond donors (Lipinski definition) is 0. The molecule has 0 N–H and O–H groups in total. The van der Waals surface area contributed by atoms with Crippen molar-refractivity contribution in [1.29, 1.82) is 0 Å². The lowest BCUT2D eigenvalue weighted by Gasteiger charge is -2.16. The number of aromatic nitrogens is 5. The van der Waals surface area contributed by atoms with Gasteiger partial charge in [0.05, 0.1) is 41.1 Å². The van der Waals surface area contributed by atoms with E-state index in [-0.39, 0.29) is 0 Å². The molecule has 5 heterocycles. The second-order valence-electron chi connectivity index (χ2n) is 32.8. The van der Waals surface area contributed by atoms with E-state index in [1.165, 1.54) is 147 Å². The highest BCUT2D eigenvalue weighted by Gasteiger charge is 2.24. The van der Waals surface area contributed by atoms with Crippen molar-refractivity contribution in [3.63, 3.8) is 0 Å². The first kappa shape index (κ1) is 70.1. The molecule has 26 aromatic rings. The minimum Gasteiger partial charge on any atom is -0.310 e. The maximum Gasteiger partial charge on any atom is 0.189 e. The van der Waals surface area contributed by atoms with Gasteiger partial charge in [-0.05, 0) is 328 Å². The van der Waals surface area contributed by atoms with Gasteiger partial charge < -0.3 is 9.13 Å². The van der Waals surface area contributed by atoms with Gasteiger partial charge in [0.1, 0.15) is 0 Å². The van der Waals surface area contributed by atoms with E-state index in [9.17, 15) is 0 Å². The molecule has 0 atom stereocenters. The van der Waals surface area contributed by atoms with Crippen LogP contribution in [0.3, 0.4) is 0 Å². The van der Waals surface area contributed by atoms with E-state index in [2.05, 4.69) is 345 Å². The number of rotatable bonds is 11. The number of fused-ring (bicyclic) bond motifs is 1. The molecule has 7 heteroatoms. The van der Waals surface area contributed by atoms with E-state index in [4.69, 9.17) is 23.1 Å². The first-order valence-corrected chi connectivity index (χ1v) is 41.9. The molecule has 0 radical (unpaired) electrons. The molecule has 21 aromatic carbocycles. The zero-order chi connectivity index (χ0) is 81.8. The van der Waals surface area contributed by atoms with Crippen molar-refractivity contribution < 1.29 is 0 Å². The van der Waals surface area contributed by atoms with Gasteiger partial charge in [-0.1, -0.05) is 218 Å². The van der Waals surface area contributed by atoms with Gasteiger partial charge in [0.2, 0.25) is 0 Å². The Kier molecular flexibility index (Phi) is 15.7. The van der Waals surface area contributed by atoms with Crippen LogP contribution in [-0.2, 0) is 0 Å². The fourth-order valence-corrected chi connectivity index (χ4v) is 20.1. The van der Waals surface area contributed by atoms with Crippen LogP contribution in [-0.4, -0.2) is 24.1 Å². The van der Waals surface area contributed by atoms with Crippen LogP contribution in [0.4, 0.5) is 11.4 Å². The summed E-state index contributed by atoms with van der Waals surface area (Å²) in [6.07, 6.45) is 5.56. The summed E-state index contributed by atoms with van der Waals surface area (Å²) >= 11 is 0. The highest BCUT2D eigenvalue weighted by molar-refractivity contribution is 6.29. The van der Waals surface area contributed by atoms with E-state index >= 15 is 0 Å². The van der Waals surface area contributed by atoms with Gasteiger partial charge in [-0.25, -0.2) is 9.69 Å². The number of hydrogen-bond acceptors (Lipinski definition) is 3. The van der Waals surface area contributed by atoms with Gasteiger partial charge >= 0.3 is 0 Å². The lowest BCUT2D eigenvalue weighted by molar-refractivity contribution is 1.18.